The third-order valence-electron chi connectivity index (χ3n) is 4.46. The molecule has 0 bridgehead atoms. The summed E-state index contributed by atoms with van der Waals surface area (Å²) in [5.41, 5.74) is 0.881. The number of thiazole rings is 1. The second-order valence-corrected chi connectivity index (χ2v) is 8.87. The number of aliphatic carboxylic acids is 1. The fourth-order valence-electron chi connectivity index (χ4n) is 2.93. The topological polar surface area (TPSA) is 101 Å². The standard InChI is InChI=1S/C21H18ClF2N3O4S/c1-10(2)18(30)12-6-16(27(9-12)8-11-3-4-13(23)14(24)5-11)20(31)26-21-25-15(7-17(28)29)19(22)32-21/h3-6,9-10H,7-8H2,1-2H3,(H,28,29)(H,25,26,31). The molecule has 168 valence electrons. The van der Waals surface area contributed by atoms with Gasteiger partial charge < -0.3 is 9.67 Å². The minimum absolute atomic E-state index is 0.00815. The Balaban J connectivity index is 1.92. The van der Waals surface area contributed by atoms with E-state index in [0.29, 0.717) is 5.56 Å². The zero-order valence-corrected chi connectivity index (χ0v) is 18.6. The number of anilines is 1. The van der Waals surface area contributed by atoms with Gasteiger partial charge in [-0.25, -0.2) is 13.8 Å². The number of halogens is 3. The Morgan fingerprint density at radius 1 is 1.22 bits per heavy atom. The van der Waals surface area contributed by atoms with Crippen molar-refractivity contribution in [3.8, 4) is 0 Å². The second kappa shape index (κ2) is 9.58. The van der Waals surface area contributed by atoms with Gasteiger partial charge in [-0.2, -0.15) is 0 Å². The lowest BCUT2D eigenvalue weighted by Crippen LogP contribution is -2.17. The zero-order valence-electron chi connectivity index (χ0n) is 17.0. The van der Waals surface area contributed by atoms with Gasteiger partial charge in [0.05, 0.1) is 12.1 Å². The molecular weight excluding hydrogens is 464 g/mol. The predicted octanol–water partition coefficient (Wildman–Crippen LogP) is 4.64. The average Bonchev–Trinajstić information content (AvgIpc) is 3.27. The van der Waals surface area contributed by atoms with Gasteiger partial charge in [0.25, 0.3) is 5.91 Å². The number of aromatic nitrogens is 2. The number of Topliss-reactive ketones (excluding diaryl/α,β-unsaturated/α-hetero) is 1. The fraction of sp³-hybridized carbons (Fsp3) is 0.238. The van der Waals surface area contributed by atoms with Crippen LogP contribution in [0.2, 0.25) is 4.34 Å². The number of carbonyl (C=O) groups excluding carboxylic acids is 2. The number of hydrogen-bond acceptors (Lipinski definition) is 5. The van der Waals surface area contributed by atoms with Gasteiger partial charge in [-0.3, -0.25) is 19.7 Å². The third-order valence-corrected chi connectivity index (χ3v) is 5.71. The summed E-state index contributed by atoms with van der Waals surface area (Å²) in [6, 6.07) is 4.78. The quantitative estimate of drug-likeness (QED) is 0.456. The van der Waals surface area contributed by atoms with Crippen LogP contribution in [0.5, 0.6) is 0 Å². The Morgan fingerprint density at radius 3 is 2.56 bits per heavy atom. The highest BCUT2D eigenvalue weighted by Gasteiger charge is 2.21. The maximum Gasteiger partial charge on any atom is 0.309 e. The Hall–Kier alpha value is -3.11. The number of nitrogens with zero attached hydrogens (tertiary/aromatic N) is 2. The molecule has 2 heterocycles. The van der Waals surface area contributed by atoms with Gasteiger partial charge in [0.15, 0.2) is 22.5 Å². The summed E-state index contributed by atoms with van der Waals surface area (Å²) in [7, 11) is 0. The molecule has 2 N–H and O–H groups in total. The van der Waals surface area contributed by atoms with Crippen LogP contribution in [-0.2, 0) is 17.8 Å². The largest absolute Gasteiger partial charge is 0.481 e. The molecule has 11 heteroatoms. The van der Waals surface area contributed by atoms with Crippen molar-refractivity contribution in [3.05, 3.63) is 68.9 Å². The SMILES string of the molecule is CC(C)C(=O)c1cc(C(=O)Nc2nc(CC(=O)O)c(Cl)s2)n(Cc2ccc(F)c(F)c2)c1. The zero-order chi connectivity index (χ0) is 23.6. The lowest BCUT2D eigenvalue weighted by molar-refractivity contribution is -0.136. The Morgan fingerprint density at radius 2 is 1.94 bits per heavy atom. The number of rotatable bonds is 8. The summed E-state index contributed by atoms with van der Waals surface area (Å²) < 4.78 is 28.5. The molecule has 0 unspecified atom stereocenters. The molecule has 7 nitrogen and oxygen atoms in total. The minimum Gasteiger partial charge on any atom is -0.481 e. The summed E-state index contributed by atoms with van der Waals surface area (Å²) in [5, 5.41) is 11.5. The molecule has 0 saturated carbocycles. The highest BCUT2D eigenvalue weighted by atomic mass is 35.5. The van der Waals surface area contributed by atoms with E-state index in [4.69, 9.17) is 16.7 Å². The summed E-state index contributed by atoms with van der Waals surface area (Å²) in [5.74, 6) is -4.27. The van der Waals surface area contributed by atoms with Crippen LogP contribution in [0.15, 0.2) is 30.5 Å². The van der Waals surface area contributed by atoms with E-state index in [0.717, 1.165) is 23.5 Å². The molecule has 0 aliphatic heterocycles. The van der Waals surface area contributed by atoms with E-state index in [1.165, 1.54) is 22.9 Å². The maximum absolute atomic E-state index is 13.6. The number of benzene rings is 1. The first kappa shape index (κ1) is 23.6. The molecule has 3 rings (SSSR count). The molecule has 0 saturated heterocycles. The number of carbonyl (C=O) groups is 3. The number of ketones is 1. The molecular formula is C21H18ClF2N3O4S. The van der Waals surface area contributed by atoms with Crippen LogP contribution in [0, 0.1) is 17.6 Å². The van der Waals surface area contributed by atoms with Crippen LogP contribution in [0.4, 0.5) is 13.9 Å². The third kappa shape index (κ3) is 5.38. The van der Waals surface area contributed by atoms with Gasteiger partial charge in [0.1, 0.15) is 10.0 Å². The molecule has 0 aliphatic carbocycles. The van der Waals surface area contributed by atoms with Crippen LogP contribution in [0.3, 0.4) is 0 Å². The summed E-state index contributed by atoms with van der Waals surface area (Å²) in [6.07, 6.45) is 1.08. The predicted molar refractivity (Wildman–Crippen MR) is 115 cm³/mol. The van der Waals surface area contributed by atoms with E-state index in [1.54, 1.807) is 13.8 Å². The van der Waals surface area contributed by atoms with Crippen LogP contribution in [0.1, 0.15) is 46.0 Å². The number of carboxylic acid groups (broad SMARTS) is 1. The molecule has 0 fully saturated rings. The van der Waals surface area contributed by atoms with Crippen LogP contribution in [0.25, 0.3) is 0 Å². The van der Waals surface area contributed by atoms with Gasteiger partial charge in [0, 0.05) is 24.2 Å². The molecule has 0 spiro atoms. The molecule has 0 aliphatic rings. The Bertz CT molecular complexity index is 1210. The van der Waals surface area contributed by atoms with Crippen molar-refractivity contribution in [1.82, 2.24) is 9.55 Å². The first-order valence-electron chi connectivity index (χ1n) is 9.41. The van der Waals surface area contributed by atoms with Crippen molar-refractivity contribution in [2.24, 2.45) is 5.92 Å². The Kier molecular flexibility index (Phi) is 7.05. The average molecular weight is 482 g/mol. The molecule has 2 aromatic heterocycles. The first-order valence-corrected chi connectivity index (χ1v) is 10.6. The van der Waals surface area contributed by atoms with E-state index in [-0.39, 0.29) is 44.7 Å². The highest BCUT2D eigenvalue weighted by molar-refractivity contribution is 7.19. The minimum atomic E-state index is -1.12. The van der Waals surface area contributed by atoms with E-state index < -0.39 is 29.9 Å². The monoisotopic (exact) mass is 481 g/mol. The lowest BCUT2D eigenvalue weighted by atomic mass is 10.0. The number of nitrogens with one attached hydrogen (secondary N) is 1. The van der Waals surface area contributed by atoms with E-state index in [2.05, 4.69) is 10.3 Å². The number of amides is 1. The maximum atomic E-state index is 13.6. The number of hydrogen-bond donors (Lipinski definition) is 2. The first-order chi connectivity index (χ1) is 15.0. The molecule has 3 aromatic rings. The van der Waals surface area contributed by atoms with E-state index in [9.17, 15) is 23.2 Å². The molecule has 0 radical (unpaired) electrons. The lowest BCUT2D eigenvalue weighted by Gasteiger charge is -2.09. The van der Waals surface area contributed by atoms with Crippen LogP contribution >= 0.6 is 22.9 Å². The van der Waals surface area contributed by atoms with Crippen molar-refractivity contribution >= 4 is 45.7 Å². The van der Waals surface area contributed by atoms with Crippen molar-refractivity contribution in [2.75, 3.05) is 5.32 Å². The normalized spacial score (nSPS) is 11.1. The second-order valence-electron chi connectivity index (χ2n) is 7.27. The summed E-state index contributed by atoms with van der Waals surface area (Å²) >= 11 is 6.89. The van der Waals surface area contributed by atoms with Crippen molar-refractivity contribution in [1.29, 1.82) is 0 Å². The summed E-state index contributed by atoms with van der Waals surface area (Å²) in [6.45, 7) is 3.45. The van der Waals surface area contributed by atoms with Gasteiger partial charge in [-0.15, -0.1) is 0 Å². The van der Waals surface area contributed by atoms with E-state index in [1.807, 2.05) is 0 Å². The van der Waals surface area contributed by atoms with Gasteiger partial charge in [-0.1, -0.05) is 42.9 Å². The van der Waals surface area contributed by atoms with Gasteiger partial charge >= 0.3 is 5.97 Å². The molecule has 0 atom stereocenters. The van der Waals surface area contributed by atoms with Crippen LogP contribution < -0.4 is 5.32 Å². The molecule has 32 heavy (non-hydrogen) atoms. The fourth-order valence-corrected chi connectivity index (χ4v) is 3.97. The highest BCUT2D eigenvalue weighted by Crippen LogP contribution is 2.29. The smallest absolute Gasteiger partial charge is 0.309 e. The van der Waals surface area contributed by atoms with Crippen molar-refractivity contribution in [2.45, 2.75) is 26.8 Å². The molecule has 1 aromatic carbocycles. The van der Waals surface area contributed by atoms with Crippen molar-refractivity contribution < 1.29 is 28.3 Å². The van der Waals surface area contributed by atoms with Gasteiger partial charge in [0.2, 0.25) is 0 Å². The van der Waals surface area contributed by atoms with E-state index >= 15 is 0 Å². The number of carboxylic acids is 1. The summed E-state index contributed by atoms with van der Waals surface area (Å²) in [4.78, 5) is 40.3. The Labute approximate surface area is 190 Å². The molecule has 1 amide bonds. The van der Waals surface area contributed by atoms with Crippen LogP contribution in [-0.4, -0.2) is 32.3 Å². The van der Waals surface area contributed by atoms with Gasteiger partial charge in [-0.05, 0) is 23.8 Å². The van der Waals surface area contributed by atoms with Crippen molar-refractivity contribution in [3.63, 3.8) is 0 Å².